The molecular weight excluding hydrogens is 600 g/mol. The molecule has 0 aromatic rings. The molecule has 18 heteroatoms. The van der Waals surface area contributed by atoms with Crippen LogP contribution in [-0.4, -0.2) is 106 Å². The van der Waals surface area contributed by atoms with Crippen molar-refractivity contribution in [2.24, 2.45) is 11.8 Å². The van der Waals surface area contributed by atoms with Crippen LogP contribution < -0.4 is 31.9 Å². The molecule has 0 saturated heterocycles. The molecule has 1 unspecified atom stereocenters. The van der Waals surface area contributed by atoms with Gasteiger partial charge in [0, 0.05) is 13.5 Å². The molecule has 0 aromatic carbocycles. The van der Waals surface area contributed by atoms with Gasteiger partial charge >= 0.3 is 17.9 Å². The van der Waals surface area contributed by atoms with Crippen molar-refractivity contribution >= 4 is 53.9 Å². The molecule has 0 aliphatic rings. The van der Waals surface area contributed by atoms with Gasteiger partial charge in [0.05, 0.1) is 12.8 Å². The van der Waals surface area contributed by atoms with E-state index in [1.807, 2.05) is 19.2 Å². The van der Waals surface area contributed by atoms with E-state index in [1.165, 1.54) is 20.9 Å². The van der Waals surface area contributed by atoms with Gasteiger partial charge in [0.25, 0.3) is 0 Å². The lowest BCUT2D eigenvalue weighted by molar-refractivity contribution is -0.142. The van der Waals surface area contributed by atoms with Crippen molar-refractivity contribution in [2.45, 2.75) is 96.4 Å². The van der Waals surface area contributed by atoms with Gasteiger partial charge in [-0.15, -0.1) is 0 Å². The summed E-state index contributed by atoms with van der Waals surface area (Å²) in [5.41, 5.74) is 0. The van der Waals surface area contributed by atoms with Gasteiger partial charge in [-0.3, -0.25) is 43.2 Å². The standard InChI is InChI=1S/C27H44N6O12/c1-6-14(4)9-17(23(41)28-5)31-26(44)18(11-21(39)40)32-27(45)22(13(2)3)33-24(42)15(7-8-19(35)36)30-25(43)16(29-12-34)10-20(37)38/h12-18,22H,6-11H2,1-5H3,(H,28,41)(H,29,34)(H,30,43)(H,31,44)(H,32,45)(H,33,42)(H,35,36)(H,37,38)(H,39,40)/t14?,15-,16-,17-,18-,22-/m0/s1. The summed E-state index contributed by atoms with van der Waals surface area (Å²) in [5, 5.41) is 41.1. The maximum atomic E-state index is 13.3. The first-order valence-corrected chi connectivity index (χ1v) is 14.2. The molecule has 0 spiro atoms. The maximum absolute atomic E-state index is 13.3. The van der Waals surface area contributed by atoms with Gasteiger partial charge in [-0.2, -0.15) is 0 Å². The van der Waals surface area contributed by atoms with Gasteiger partial charge in [0.15, 0.2) is 0 Å². The highest BCUT2D eigenvalue weighted by Crippen LogP contribution is 2.11. The predicted molar refractivity (Wildman–Crippen MR) is 155 cm³/mol. The van der Waals surface area contributed by atoms with E-state index in [-0.39, 0.29) is 18.7 Å². The Morgan fingerprint density at radius 1 is 0.644 bits per heavy atom. The second-order valence-electron chi connectivity index (χ2n) is 10.7. The van der Waals surface area contributed by atoms with E-state index in [2.05, 4.69) is 26.6 Å². The number of amides is 6. The van der Waals surface area contributed by atoms with Gasteiger partial charge in [-0.05, 0) is 24.7 Å². The molecule has 45 heavy (non-hydrogen) atoms. The fourth-order valence-electron chi connectivity index (χ4n) is 3.97. The van der Waals surface area contributed by atoms with Crippen molar-refractivity contribution in [2.75, 3.05) is 7.05 Å². The third-order valence-electron chi connectivity index (χ3n) is 6.72. The molecule has 0 bridgehead atoms. The van der Waals surface area contributed by atoms with E-state index >= 15 is 0 Å². The Balaban J connectivity index is 6.03. The second kappa shape index (κ2) is 20.2. The number of likely N-dealkylation sites (N-methyl/N-ethyl adjacent to an activating group) is 1. The zero-order valence-electron chi connectivity index (χ0n) is 25.9. The topological polar surface area (TPSA) is 286 Å². The molecule has 0 radical (unpaired) electrons. The molecule has 0 saturated carbocycles. The zero-order valence-corrected chi connectivity index (χ0v) is 25.9. The minimum absolute atomic E-state index is 0.0174. The first-order valence-electron chi connectivity index (χ1n) is 14.2. The highest BCUT2D eigenvalue weighted by atomic mass is 16.4. The zero-order chi connectivity index (χ0) is 34.9. The molecule has 254 valence electrons. The van der Waals surface area contributed by atoms with Crippen molar-refractivity contribution in [3.8, 4) is 0 Å². The molecule has 6 amide bonds. The van der Waals surface area contributed by atoms with E-state index in [4.69, 9.17) is 10.2 Å². The van der Waals surface area contributed by atoms with Crippen LogP contribution in [0.4, 0.5) is 0 Å². The number of carbonyl (C=O) groups is 9. The Kier molecular flexibility index (Phi) is 18.1. The Morgan fingerprint density at radius 2 is 1.13 bits per heavy atom. The smallest absolute Gasteiger partial charge is 0.305 e. The van der Waals surface area contributed by atoms with Crippen molar-refractivity contribution in [3.63, 3.8) is 0 Å². The largest absolute Gasteiger partial charge is 0.481 e. The molecule has 0 aliphatic heterocycles. The van der Waals surface area contributed by atoms with E-state index in [1.54, 1.807) is 0 Å². The number of rotatable bonds is 22. The number of hydrogen-bond acceptors (Lipinski definition) is 9. The first-order chi connectivity index (χ1) is 21.0. The summed E-state index contributed by atoms with van der Waals surface area (Å²) in [5.74, 6) is -9.54. The van der Waals surface area contributed by atoms with Crippen LogP contribution in [0.15, 0.2) is 0 Å². The van der Waals surface area contributed by atoms with Gasteiger partial charge in [-0.1, -0.05) is 34.1 Å². The van der Waals surface area contributed by atoms with Crippen LogP contribution in [0.2, 0.25) is 0 Å². The van der Waals surface area contributed by atoms with Crippen molar-refractivity contribution in [3.05, 3.63) is 0 Å². The summed E-state index contributed by atoms with van der Waals surface area (Å²) in [4.78, 5) is 109. The SMILES string of the molecule is CCC(C)C[C@H](NC(=O)[C@H](CC(=O)O)NC(=O)[C@@H](NC(=O)[C@H](CCC(=O)O)NC(=O)[C@H](CC(=O)O)NC=O)C(C)C)C(=O)NC. The third-order valence-corrected chi connectivity index (χ3v) is 6.72. The van der Waals surface area contributed by atoms with Gasteiger partial charge in [0.1, 0.15) is 30.2 Å². The van der Waals surface area contributed by atoms with E-state index in [0.29, 0.717) is 6.42 Å². The quantitative estimate of drug-likeness (QED) is 0.0562. The number of nitrogens with one attached hydrogen (secondary N) is 6. The Labute approximate surface area is 259 Å². The molecule has 0 aromatic heterocycles. The highest BCUT2D eigenvalue weighted by molar-refractivity contribution is 5.97. The summed E-state index contributed by atoms with van der Waals surface area (Å²) in [7, 11) is 1.36. The molecule has 9 N–H and O–H groups in total. The normalized spacial score (nSPS) is 14.7. The van der Waals surface area contributed by atoms with E-state index in [0.717, 1.165) is 0 Å². The average Bonchev–Trinajstić information content (AvgIpc) is 2.95. The summed E-state index contributed by atoms with van der Waals surface area (Å²) in [6.07, 6.45) is -1.82. The Morgan fingerprint density at radius 3 is 1.60 bits per heavy atom. The summed E-state index contributed by atoms with van der Waals surface area (Å²) in [6, 6.07) is -7.31. The van der Waals surface area contributed by atoms with Crippen LogP contribution in [0.3, 0.4) is 0 Å². The van der Waals surface area contributed by atoms with Crippen LogP contribution in [0, 0.1) is 11.8 Å². The molecule has 0 rings (SSSR count). The van der Waals surface area contributed by atoms with Gasteiger partial charge in [0.2, 0.25) is 35.9 Å². The highest BCUT2D eigenvalue weighted by Gasteiger charge is 2.34. The van der Waals surface area contributed by atoms with Crippen LogP contribution in [0.1, 0.15) is 66.2 Å². The number of carbonyl (C=O) groups excluding carboxylic acids is 6. The van der Waals surface area contributed by atoms with Crippen molar-refractivity contribution in [1.82, 2.24) is 31.9 Å². The second-order valence-corrected chi connectivity index (χ2v) is 10.7. The lowest BCUT2D eigenvalue weighted by atomic mass is 9.98. The van der Waals surface area contributed by atoms with E-state index in [9.17, 15) is 48.3 Å². The van der Waals surface area contributed by atoms with Crippen molar-refractivity contribution in [1.29, 1.82) is 0 Å². The minimum atomic E-state index is -1.66. The van der Waals surface area contributed by atoms with Crippen molar-refractivity contribution < 1.29 is 58.5 Å². The fourth-order valence-corrected chi connectivity index (χ4v) is 3.97. The van der Waals surface area contributed by atoms with Gasteiger partial charge < -0.3 is 47.2 Å². The number of aliphatic carboxylic acids is 3. The molecule has 18 nitrogen and oxygen atoms in total. The number of hydrogen-bond donors (Lipinski definition) is 9. The monoisotopic (exact) mass is 644 g/mol. The van der Waals surface area contributed by atoms with Gasteiger partial charge in [-0.25, -0.2) is 0 Å². The van der Waals surface area contributed by atoms with E-state index < -0.39 is 109 Å². The predicted octanol–water partition coefficient (Wildman–Crippen LogP) is -2.31. The molecule has 0 aliphatic carbocycles. The lowest BCUT2D eigenvalue weighted by Gasteiger charge is -2.28. The van der Waals surface area contributed by atoms with Crippen LogP contribution >= 0.6 is 0 Å². The van der Waals surface area contributed by atoms with Crippen LogP contribution in [-0.2, 0) is 43.2 Å². The summed E-state index contributed by atoms with van der Waals surface area (Å²) < 4.78 is 0. The fraction of sp³-hybridized carbons (Fsp3) is 0.667. The minimum Gasteiger partial charge on any atom is -0.481 e. The number of carboxylic acid groups (broad SMARTS) is 3. The Hall–Kier alpha value is -4.77. The molecular formula is C27H44N6O12. The third kappa shape index (κ3) is 15.5. The molecule has 6 atom stereocenters. The Bertz CT molecular complexity index is 1100. The van der Waals surface area contributed by atoms with Crippen LogP contribution in [0.25, 0.3) is 0 Å². The first kappa shape index (κ1) is 40.2. The molecule has 0 heterocycles. The number of carboxylic acids is 3. The maximum Gasteiger partial charge on any atom is 0.305 e. The average molecular weight is 645 g/mol. The molecule has 0 fully saturated rings. The summed E-state index contributed by atoms with van der Waals surface area (Å²) in [6.45, 7) is 6.75. The lowest BCUT2D eigenvalue weighted by Crippen LogP contribution is -2.60. The summed E-state index contributed by atoms with van der Waals surface area (Å²) >= 11 is 0. The van der Waals surface area contributed by atoms with Crippen LogP contribution in [0.5, 0.6) is 0 Å².